The number of rotatable bonds is 8. The lowest BCUT2D eigenvalue weighted by molar-refractivity contribution is -0.118. The number of nitrogens with one attached hydrogen (secondary N) is 2. The van der Waals surface area contributed by atoms with E-state index in [0.717, 1.165) is 34.0 Å². The van der Waals surface area contributed by atoms with Crippen molar-refractivity contribution in [2.24, 2.45) is 0 Å². The van der Waals surface area contributed by atoms with Crippen molar-refractivity contribution >= 4 is 34.6 Å². The second-order valence-corrected chi connectivity index (χ2v) is 10.7. The summed E-state index contributed by atoms with van der Waals surface area (Å²) in [5.74, 6) is 0.596. The van der Waals surface area contributed by atoms with Gasteiger partial charge >= 0.3 is 0 Å². The molecule has 2 aromatic heterocycles. The van der Waals surface area contributed by atoms with E-state index in [1.54, 1.807) is 12.3 Å². The molecule has 5 aromatic rings. The Morgan fingerprint density at radius 2 is 1.70 bits per heavy atom. The number of hydrogen-bond acceptors (Lipinski definition) is 5. The number of ether oxygens (including phenoxy) is 1. The van der Waals surface area contributed by atoms with E-state index >= 15 is 0 Å². The maximum Gasteiger partial charge on any atom is 0.262 e. The van der Waals surface area contributed by atoms with Crippen molar-refractivity contribution in [3.05, 3.63) is 132 Å². The lowest BCUT2D eigenvalue weighted by atomic mass is 9.96. The first-order valence-electron chi connectivity index (χ1n) is 14.0. The summed E-state index contributed by atoms with van der Waals surface area (Å²) in [7, 11) is 0. The van der Waals surface area contributed by atoms with Crippen LogP contribution in [-0.2, 0) is 4.79 Å². The Labute approximate surface area is 255 Å². The van der Waals surface area contributed by atoms with Gasteiger partial charge in [0.1, 0.15) is 11.5 Å². The summed E-state index contributed by atoms with van der Waals surface area (Å²) in [6, 6.07) is 31.7. The highest BCUT2D eigenvalue weighted by atomic mass is 32.1. The number of pyridine rings is 1. The molecule has 1 amide bonds. The van der Waals surface area contributed by atoms with Gasteiger partial charge in [0, 0.05) is 29.0 Å². The number of phenols is 1. The third kappa shape index (κ3) is 5.67. The summed E-state index contributed by atoms with van der Waals surface area (Å²) in [6.45, 7) is 4.00. The molecule has 3 aromatic carbocycles. The molecule has 2 atom stereocenters. The zero-order valence-electron chi connectivity index (χ0n) is 23.8. The molecule has 8 nitrogen and oxygen atoms in total. The van der Waals surface area contributed by atoms with Crippen molar-refractivity contribution in [1.82, 2.24) is 14.9 Å². The largest absolute Gasteiger partial charge is 0.506 e. The SMILES string of the molecule is Cc1cc([C@@H]2[C@H](c3ccccn3)NC(=S)N2c2ccc(NC(=O)COc3ccccc3)cc2)c(C)n1-c1ccccc1O. The Morgan fingerprint density at radius 3 is 2.42 bits per heavy atom. The van der Waals surface area contributed by atoms with Gasteiger partial charge in [-0.25, -0.2) is 0 Å². The average molecular weight is 590 g/mol. The number of carbonyl (C=O) groups is 1. The summed E-state index contributed by atoms with van der Waals surface area (Å²) < 4.78 is 7.63. The Kier molecular flexibility index (Phi) is 7.81. The number of nitrogens with zero attached hydrogens (tertiary/aromatic N) is 3. The average Bonchev–Trinajstić information content (AvgIpc) is 3.52. The van der Waals surface area contributed by atoms with E-state index < -0.39 is 0 Å². The van der Waals surface area contributed by atoms with Crippen LogP contribution in [0.15, 0.2) is 109 Å². The smallest absolute Gasteiger partial charge is 0.262 e. The van der Waals surface area contributed by atoms with Crippen LogP contribution < -0.4 is 20.3 Å². The molecule has 3 N–H and O–H groups in total. The third-order valence-corrected chi connectivity index (χ3v) is 7.87. The van der Waals surface area contributed by atoms with E-state index in [-0.39, 0.29) is 30.3 Å². The number of benzene rings is 3. The molecule has 1 saturated heterocycles. The van der Waals surface area contributed by atoms with Crippen LogP contribution >= 0.6 is 12.2 Å². The van der Waals surface area contributed by atoms with Crippen LogP contribution in [0.25, 0.3) is 5.69 Å². The molecule has 0 radical (unpaired) electrons. The molecule has 1 aliphatic rings. The van der Waals surface area contributed by atoms with Gasteiger partial charge in [0.2, 0.25) is 0 Å². The van der Waals surface area contributed by atoms with Crippen LogP contribution in [-0.4, -0.2) is 32.3 Å². The fraction of sp³-hybridized carbons (Fsp3) is 0.147. The van der Waals surface area contributed by atoms with Crippen molar-refractivity contribution < 1.29 is 14.6 Å². The zero-order valence-corrected chi connectivity index (χ0v) is 24.6. The van der Waals surface area contributed by atoms with Crippen molar-refractivity contribution in [3.8, 4) is 17.2 Å². The van der Waals surface area contributed by atoms with Crippen LogP contribution in [0.1, 0.15) is 34.7 Å². The highest BCUT2D eigenvalue weighted by molar-refractivity contribution is 7.80. The normalized spacial score (nSPS) is 16.1. The molecular weight excluding hydrogens is 558 g/mol. The van der Waals surface area contributed by atoms with Crippen molar-refractivity contribution in [3.63, 3.8) is 0 Å². The molecule has 0 unspecified atom stereocenters. The van der Waals surface area contributed by atoms with Crippen LogP contribution in [0.5, 0.6) is 11.5 Å². The van der Waals surface area contributed by atoms with Crippen molar-refractivity contribution in [2.45, 2.75) is 25.9 Å². The van der Waals surface area contributed by atoms with Crippen LogP contribution in [0, 0.1) is 13.8 Å². The maximum atomic E-state index is 12.5. The first-order chi connectivity index (χ1) is 20.9. The van der Waals surface area contributed by atoms with Crippen LogP contribution in [0.4, 0.5) is 11.4 Å². The van der Waals surface area contributed by atoms with Crippen molar-refractivity contribution in [1.29, 1.82) is 0 Å². The van der Waals surface area contributed by atoms with Gasteiger partial charge in [-0.1, -0.05) is 36.4 Å². The first kappa shape index (κ1) is 28.0. The molecule has 6 rings (SSSR count). The number of carbonyl (C=O) groups excluding carboxylic acids is 1. The van der Waals surface area contributed by atoms with E-state index in [9.17, 15) is 9.90 Å². The highest BCUT2D eigenvalue weighted by Gasteiger charge is 2.42. The van der Waals surface area contributed by atoms with Crippen molar-refractivity contribution in [2.75, 3.05) is 16.8 Å². The number of aromatic hydroxyl groups is 1. The first-order valence-corrected chi connectivity index (χ1v) is 14.4. The van der Waals surface area contributed by atoms with E-state index in [2.05, 4.69) is 38.1 Å². The number of aromatic nitrogens is 2. The second kappa shape index (κ2) is 12.0. The quantitative estimate of drug-likeness (QED) is 0.181. The van der Waals surface area contributed by atoms with Gasteiger partial charge in [-0.3, -0.25) is 9.78 Å². The molecule has 216 valence electrons. The van der Waals surface area contributed by atoms with Gasteiger partial charge in [0.05, 0.1) is 23.5 Å². The molecule has 0 bridgehead atoms. The number of aryl methyl sites for hydroxylation is 1. The summed E-state index contributed by atoms with van der Waals surface area (Å²) in [6.07, 6.45) is 1.78. The van der Waals surface area contributed by atoms with Crippen LogP contribution in [0.2, 0.25) is 0 Å². The molecule has 43 heavy (non-hydrogen) atoms. The highest BCUT2D eigenvalue weighted by Crippen LogP contribution is 2.44. The van der Waals surface area contributed by atoms with E-state index in [0.29, 0.717) is 16.5 Å². The van der Waals surface area contributed by atoms with Gasteiger partial charge in [0.15, 0.2) is 11.7 Å². The topological polar surface area (TPSA) is 91.7 Å². The molecule has 1 fully saturated rings. The maximum absolute atomic E-state index is 12.5. The Morgan fingerprint density at radius 1 is 0.977 bits per heavy atom. The number of phenolic OH excluding ortho intramolecular Hbond substituents is 1. The standard InChI is InChI=1S/C34H31N5O3S/c1-22-20-27(23(2)38(22)29-13-6-7-14-30(29)40)33-32(28-12-8-9-19-35-28)37-34(43)39(33)25-17-15-24(16-18-25)36-31(41)21-42-26-10-4-3-5-11-26/h3-20,32-33,40H,21H2,1-2H3,(H,36,41)(H,37,43)/t32-,33+/m0/s1. The molecule has 9 heteroatoms. The summed E-state index contributed by atoms with van der Waals surface area (Å²) in [5, 5.41) is 17.6. The molecule has 0 aliphatic carbocycles. The summed E-state index contributed by atoms with van der Waals surface area (Å²) in [5.41, 5.74) is 6.14. The zero-order chi connectivity index (χ0) is 29.9. The molecule has 0 saturated carbocycles. The number of thiocarbonyl (C=S) groups is 1. The molecule has 1 aliphatic heterocycles. The molecule has 3 heterocycles. The predicted octanol–water partition coefficient (Wildman–Crippen LogP) is 6.39. The summed E-state index contributed by atoms with van der Waals surface area (Å²) in [4.78, 5) is 19.3. The van der Waals surface area contributed by atoms with Gasteiger partial charge in [-0.15, -0.1) is 0 Å². The molecular formula is C34H31N5O3S. The van der Waals surface area contributed by atoms with Gasteiger partial charge in [0.25, 0.3) is 5.91 Å². The summed E-state index contributed by atoms with van der Waals surface area (Å²) >= 11 is 5.91. The predicted molar refractivity (Wildman–Crippen MR) is 172 cm³/mol. The third-order valence-electron chi connectivity index (χ3n) is 7.55. The Bertz CT molecular complexity index is 1760. The number of amides is 1. The monoisotopic (exact) mass is 589 g/mol. The van der Waals surface area contributed by atoms with E-state index in [1.165, 1.54) is 0 Å². The van der Waals surface area contributed by atoms with Gasteiger partial charge in [-0.2, -0.15) is 0 Å². The number of anilines is 2. The number of para-hydroxylation sites is 3. The lowest BCUT2D eigenvalue weighted by Gasteiger charge is -2.28. The minimum atomic E-state index is -0.250. The Hall–Kier alpha value is -5.15. The molecule has 0 spiro atoms. The minimum absolute atomic E-state index is 0.0910. The van der Waals surface area contributed by atoms with E-state index in [1.807, 2.05) is 97.9 Å². The fourth-order valence-electron chi connectivity index (χ4n) is 5.63. The second-order valence-electron chi connectivity index (χ2n) is 10.3. The van der Waals surface area contributed by atoms with Gasteiger partial charge < -0.3 is 29.9 Å². The van der Waals surface area contributed by atoms with Gasteiger partial charge in [-0.05, 0) is 98.4 Å². The number of hydrogen-bond donors (Lipinski definition) is 3. The fourth-order valence-corrected chi connectivity index (χ4v) is 5.97. The Balaban J connectivity index is 1.31. The van der Waals surface area contributed by atoms with Crippen LogP contribution in [0.3, 0.4) is 0 Å². The van der Waals surface area contributed by atoms with E-state index in [4.69, 9.17) is 17.0 Å². The lowest BCUT2D eigenvalue weighted by Crippen LogP contribution is -2.29. The minimum Gasteiger partial charge on any atom is -0.506 e.